The third-order valence-corrected chi connectivity index (χ3v) is 2.31. The van der Waals surface area contributed by atoms with Crippen molar-refractivity contribution in [3.8, 4) is 5.69 Å². The molecule has 0 aliphatic rings. The lowest BCUT2D eigenvalue weighted by molar-refractivity contribution is 0.607. The van der Waals surface area contributed by atoms with E-state index in [0.29, 0.717) is 11.5 Å². The highest BCUT2D eigenvalue weighted by Gasteiger charge is 2.11. The fourth-order valence-corrected chi connectivity index (χ4v) is 1.62. The molecule has 0 saturated carbocycles. The normalized spacial score (nSPS) is 10.6. The number of para-hydroxylation sites is 1. The van der Waals surface area contributed by atoms with Gasteiger partial charge in [-0.05, 0) is 25.5 Å². The van der Waals surface area contributed by atoms with Gasteiger partial charge in [0.25, 0.3) is 0 Å². The number of nitrogen functional groups attached to an aromatic ring is 1. The maximum absolute atomic E-state index is 13.6. The minimum absolute atomic E-state index is 0.291. The summed E-state index contributed by atoms with van der Waals surface area (Å²) in [5, 5.41) is 4.06. The first kappa shape index (κ1) is 9.71. The van der Waals surface area contributed by atoms with Crippen LogP contribution in [-0.4, -0.2) is 9.78 Å². The van der Waals surface area contributed by atoms with Gasteiger partial charge in [0.05, 0.1) is 0 Å². The number of hydrogen-bond acceptors (Lipinski definition) is 2. The van der Waals surface area contributed by atoms with E-state index in [9.17, 15) is 4.39 Å². The Bertz CT molecular complexity index is 482. The molecule has 4 heteroatoms. The van der Waals surface area contributed by atoms with Gasteiger partial charge >= 0.3 is 0 Å². The Kier molecular flexibility index (Phi) is 2.19. The van der Waals surface area contributed by atoms with Gasteiger partial charge in [-0.15, -0.1) is 0 Å². The van der Waals surface area contributed by atoms with Gasteiger partial charge in [0.2, 0.25) is 0 Å². The molecular formula is C11H12FN3. The molecule has 0 amide bonds. The van der Waals surface area contributed by atoms with Gasteiger partial charge in [-0.3, -0.25) is 0 Å². The molecule has 15 heavy (non-hydrogen) atoms. The Labute approximate surface area is 87.3 Å². The van der Waals surface area contributed by atoms with E-state index in [-0.39, 0.29) is 5.82 Å². The molecule has 2 aromatic rings. The van der Waals surface area contributed by atoms with Crippen molar-refractivity contribution in [3.05, 3.63) is 41.3 Å². The molecular weight excluding hydrogens is 193 g/mol. The molecule has 0 radical (unpaired) electrons. The first-order chi connectivity index (χ1) is 7.09. The molecule has 0 fully saturated rings. The largest absolute Gasteiger partial charge is 0.382 e. The van der Waals surface area contributed by atoms with E-state index in [4.69, 9.17) is 5.73 Å². The Morgan fingerprint density at radius 1 is 1.33 bits per heavy atom. The molecule has 2 rings (SSSR count). The zero-order chi connectivity index (χ0) is 11.0. The van der Waals surface area contributed by atoms with E-state index in [0.717, 1.165) is 11.3 Å². The van der Waals surface area contributed by atoms with Crippen molar-refractivity contribution < 1.29 is 4.39 Å². The Morgan fingerprint density at radius 3 is 2.60 bits per heavy atom. The quantitative estimate of drug-likeness (QED) is 0.775. The van der Waals surface area contributed by atoms with Crippen molar-refractivity contribution in [3.63, 3.8) is 0 Å². The molecule has 2 N–H and O–H groups in total. The number of hydrogen-bond donors (Lipinski definition) is 1. The number of nitrogens with two attached hydrogens (primary N) is 1. The standard InChI is InChI=1S/C11H12FN3/c1-7-4-3-5-9(12)11(7)15-8(2)6-10(13)14-15/h3-6H,1-2H3,(H2,13,14). The topological polar surface area (TPSA) is 43.8 Å². The third-order valence-electron chi connectivity index (χ3n) is 2.31. The predicted octanol–water partition coefficient (Wildman–Crippen LogP) is 2.21. The van der Waals surface area contributed by atoms with Crippen molar-refractivity contribution in [1.82, 2.24) is 9.78 Å². The summed E-state index contributed by atoms with van der Waals surface area (Å²) in [5.41, 5.74) is 7.68. The van der Waals surface area contributed by atoms with Crippen LogP contribution >= 0.6 is 0 Å². The first-order valence-electron chi connectivity index (χ1n) is 4.67. The van der Waals surface area contributed by atoms with Gasteiger partial charge in [-0.1, -0.05) is 12.1 Å². The van der Waals surface area contributed by atoms with Crippen molar-refractivity contribution in [1.29, 1.82) is 0 Å². The van der Waals surface area contributed by atoms with E-state index >= 15 is 0 Å². The molecule has 0 saturated heterocycles. The molecule has 0 aliphatic heterocycles. The van der Waals surface area contributed by atoms with Crippen LogP contribution in [-0.2, 0) is 0 Å². The molecule has 0 spiro atoms. The molecule has 3 nitrogen and oxygen atoms in total. The summed E-state index contributed by atoms with van der Waals surface area (Å²) in [6, 6.07) is 6.65. The fourth-order valence-electron chi connectivity index (χ4n) is 1.62. The zero-order valence-electron chi connectivity index (χ0n) is 8.66. The molecule has 1 aromatic carbocycles. The predicted molar refractivity (Wildman–Crippen MR) is 57.4 cm³/mol. The molecule has 0 aliphatic carbocycles. The van der Waals surface area contributed by atoms with Gasteiger partial charge in [0.15, 0.2) is 0 Å². The van der Waals surface area contributed by atoms with E-state index in [2.05, 4.69) is 5.10 Å². The number of aryl methyl sites for hydroxylation is 2. The van der Waals surface area contributed by atoms with Crippen LogP contribution in [0.1, 0.15) is 11.3 Å². The van der Waals surface area contributed by atoms with Crippen LogP contribution in [0.5, 0.6) is 0 Å². The molecule has 78 valence electrons. The lowest BCUT2D eigenvalue weighted by Gasteiger charge is -2.08. The number of anilines is 1. The number of benzene rings is 1. The zero-order valence-corrected chi connectivity index (χ0v) is 8.66. The monoisotopic (exact) mass is 205 g/mol. The van der Waals surface area contributed by atoms with Crippen LogP contribution in [0.3, 0.4) is 0 Å². The lowest BCUT2D eigenvalue weighted by atomic mass is 10.2. The Balaban J connectivity index is 2.68. The minimum atomic E-state index is -0.291. The van der Waals surface area contributed by atoms with Crippen LogP contribution in [0.25, 0.3) is 5.69 Å². The summed E-state index contributed by atoms with van der Waals surface area (Å²) in [5.74, 6) is 0.108. The van der Waals surface area contributed by atoms with E-state index < -0.39 is 0 Å². The average Bonchev–Trinajstić information content (AvgIpc) is 2.45. The summed E-state index contributed by atoms with van der Waals surface area (Å²) < 4.78 is 15.2. The molecule has 1 heterocycles. The maximum Gasteiger partial charge on any atom is 0.149 e. The van der Waals surface area contributed by atoms with Crippen molar-refractivity contribution in [2.45, 2.75) is 13.8 Å². The number of nitrogens with zero attached hydrogens (tertiary/aromatic N) is 2. The van der Waals surface area contributed by atoms with Crippen LogP contribution in [0, 0.1) is 19.7 Å². The lowest BCUT2D eigenvalue weighted by Crippen LogP contribution is -2.04. The van der Waals surface area contributed by atoms with Gasteiger partial charge in [-0.25, -0.2) is 9.07 Å². The average molecular weight is 205 g/mol. The highest BCUT2D eigenvalue weighted by molar-refractivity contribution is 5.44. The second-order valence-corrected chi connectivity index (χ2v) is 3.53. The second-order valence-electron chi connectivity index (χ2n) is 3.53. The minimum Gasteiger partial charge on any atom is -0.382 e. The van der Waals surface area contributed by atoms with Gasteiger partial charge in [0.1, 0.15) is 17.3 Å². The van der Waals surface area contributed by atoms with Crippen LogP contribution in [0.4, 0.5) is 10.2 Å². The summed E-state index contributed by atoms with van der Waals surface area (Å²) in [7, 11) is 0. The smallest absolute Gasteiger partial charge is 0.149 e. The summed E-state index contributed by atoms with van der Waals surface area (Å²) in [6.45, 7) is 3.69. The molecule has 0 atom stereocenters. The maximum atomic E-state index is 13.6. The SMILES string of the molecule is Cc1cccc(F)c1-n1nc(N)cc1C. The van der Waals surface area contributed by atoms with Crippen LogP contribution in [0.2, 0.25) is 0 Å². The molecule has 0 unspecified atom stereocenters. The summed E-state index contributed by atoms with van der Waals surface area (Å²) >= 11 is 0. The van der Waals surface area contributed by atoms with E-state index in [1.165, 1.54) is 10.7 Å². The van der Waals surface area contributed by atoms with Crippen molar-refractivity contribution >= 4 is 5.82 Å². The van der Waals surface area contributed by atoms with Gasteiger partial charge in [0, 0.05) is 11.8 Å². The van der Waals surface area contributed by atoms with Gasteiger partial charge < -0.3 is 5.73 Å². The van der Waals surface area contributed by atoms with E-state index in [1.807, 2.05) is 19.9 Å². The van der Waals surface area contributed by atoms with E-state index in [1.54, 1.807) is 12.1 Å². The molecule has 1 aromatic heterocycles. The highest BCUT2D eigenvalue weighted by atomic mass is 19.1. The van der Waals surface area contributed by atoms with Crippen LogP contribution in [0.15, 0.2) is 24.3 Å². The first-order valence-corrected chi connectivity index (χ1v) is 4.67. The number of halogens is 1. The Morgan fingerprint density at radius 2 is 2.07 bits per heavy atom. The fraction of sp³-hybridized carbons (Fsp3) is 0.182. The number of rotatable bonds is 1. The third kappa shape index (κ3) is 1.58. The molecule has 0 bridgehead atoms. The summed E-state index contributed by atoms with van der Waals surface area (Å²) in [6.07, 6.45) is 0. The second kappa shape index (κ2) is 3.38. The summed E-state index contributed by atoms with van der Waals surface area (Å²) in [4.78, 5) is 0. The van der Waals surface area contributed by atoms with Crippen molar-refractivity contribution in [2.75, 3.05) is 5.73 Å². The highest BCUT2D eigenvalue weighted by Crippen LogP contribution is 2.20. The number of aromatic nitrogens is 2. The Hall–Kier alpha value is -1.84. The van der Waals surface area contributed by atoms with Gasteiger partial charge in [-0.2, -0.15) is 5.10 Å². The van der Waals surface area contributed by atoms with Crippen molar-refractivity contribution in [2.24, 2.45) is 0 Å². The van der Waals surface area contributed by atoms with Crippen LogP contribution < -0.4 is 5.73 Å².